The number of hydrogen-bond acceptors (Lipinski definition) is 3. The third-order valence-corrected chi connectivity index (χ3v) is 2.61. The average molecular weight is 272 g/mol. The summed E-state index contributed by atoms with van der Waals surface area (Å²) in [7, 11) is 1.44. The number of methoxy groups -OCH3 is 1. The lowest BCUT2D eigenvalue weighted by Crippen LogP contribution is -2.20. The summed E-state index contributed by atoms with van der Waals surface area (Å²) in [5.41, 5.74) is 0.553. The van der Waals surface area contributed by atoms with Crippen LogP contribution in [0.4, 0.5) is 13.2 Å². The number of imidazole rings is 1. The number of rotatable bonds is 3. The first-order valence-corrected chi connectivity index (χ1v) is 5.44. The van der Waals surface area contributed by atoms with E-state index < -0.39 is 18.5 Å². The van der Waals surface area contributed by atoms with Gasteiger partial charge in [0.1, 0.15) is 12.3 Å². The first kappa shape index (κ1) is 13.4. The largest absolute Gasteiger partial charge is 0.497 e. The van der Waals surface area contributed by atoms with Crippen LogP contribution in [0.5, 0.6) is 5.75 Å². The van der Waals surface area contributed by atoms with Crippen molar-refractivity contribution >= 4 is 16.8 Å². The third kappa shape index (κ3) is 2.69. The van der Waals surface area contributed by atoms with Crippen LogP contribution in [0.25, 0.3) is 11.0 Å². The maximum absolute atomic E-state index is 12.6. The highest BCUT2D eigenvalue weighted by molar-refractivity contribution is 5.95. The number of hydrogen-bond donors (Lipinski definition) is 0. The summed E-state index contributed by atoms with van der Waals surface area (Å²) in [6.07, 6.45) is -4.42. The molecule has 0 atom stereocenters. The van der Waals surface area contributed by atoms with E-state index in [1.165, 1.54) is 32.2 Å². The molecule has 0 bridgehead atoms. The molecular formula is C12H11F3N2O2. The Morgan fingerprint density at radius 2 is 2.11 bits per heavy atom. The molecule has 0 radical (unpaired) electrons. The molecule has 1 aromatic carbocycles. The highest BCUT2D eigenvalue weighted by Gasteiger charge is 2.31. The monoisotopic (exact) mass is 272 g/mol. The van der Waals surface area contributed by atoms with Crippen LogP contribution in [0.3, 0.4) is 0 Å². The van der Waals surface area contributed by atoms with Gasteiger partial charge < -0.3 is 9.30 Å². The topological polar surface area (TPSA) is 44.1 Å². The molecule has 19 heavy (non-hydrogen) atoms. The quantitative estimate of drug-likeness (QED) is 0.807. The third-order valence-electron chi connectivity index (χ3n) is 2.61. The van der Waals surface area contributed by atoms with Crippen LogP contribution in [-0.2, 0) is 6.54 Å². The summed E-state index contributed by atoms with van der Waals surface area (Å²) in [5, 5.41) is 0. The van der Waals surface area contributed by atoms with Gasteiger partial charge in [0, 0.05) is 13.0 Å². The predicted molar refractivity (Wildman–Crippen MR) is 62.3 cm³/mol. The molecule has 7 heteroatoms. The number of halogens is 3. The Bertz CT molecular complexity index is 632. The highest BCUT2D eigenvalue weighted by atomic mass is 19.4. The predicted octanol–water partition coefficient (Wildman–Crippen LogP) is 2.81. The number of fused-ring (bicyclic) bond motifs is 1. The van der Waals surface area contributed by atoms with Gasteiger partial charge in [0.15, 0.2) is 11.6 Å². The van der Waals surface area contributed by atoms with Crippen LogP contribution in [0.2, 0.25) is 0 Å². The second-order valence-electron chi connectivity index (χ2n) is 4.05. The molecule has 0 unspecified atom stereocenters. The highest BCUT2D eigenvalue weighted by Crippen LogP contribution is 2.26. The standard InChI is InChI=1S/C12H11F3N2O2/c1-7(18)11-16-9-5-8(19-2)3-4-10(9)17(11)6-12(13,14)15/h3-5H,6H2,1-2H3. The van der Waals surface area contributed by atoms with E-state index in [1.807, 2.05) is 0 Å². The zero-order valence-corrected chi connectivity index (χ0v) is 10.3. The van der Waals surface area contributed by atoms with Gasteiger partial charge in [-0.15, -0.1) is 0 Å². The first-order chi connectivity index (χ1) is 8.81. The SMILES string of the molecule is COc1ccc2c(c1)nc(C(C)=O)n2CC(F)(F)F. The molecule has 2 aromatic rings. The fourth-order valence-electron chi connectivity index (χ4n) is 1.84. The molecule has 0 saturated heterocycles. The van der Waals surface area contributed by atoms with Crippen molar-refractivity contribution in [2.24, 2.45) is 0 Å². The van der Waals surface area contributed by atoms with Crippen LogP contribution >= 0.6 is 0 Å². The lowest BCUT2D eigenvalue weighted by Gasteiger charge is -2.10. The number of alkyl halides is 3. The average Bonchev–Trinajstić information content (AvgIpc) is 2.65. The number of carbonyl (C=O) groups excluding carboxylic acids is 1. The van der Waals surface area contributed by atoms with Gasteiger partial charge in [-0.05, 0) is 12.1 Å². The van der Waals surface area contributed by atoms with E-state index in [0.717, 1.165) is 4.57 Å². The van der Waals surface area contributed by atoms with Crippen molar-refractivity contribution in [1.82, 2.24) is 9.55 Å². The van der Waals surface area contributed by atoms with E-state index >= 15 is 0 Å². The van der Waals surface area contributed by atoms with Crippen molar-refractivity contribution < 1.29 is 22.7 Å². The normalized spacial score (nSPS) is 11.8. The summed E-state index contributed by atoms with van der Waals surface area (Å²) in [5.74, 6) is -0.251. The molecule has 0 saturated carbocycles. The summed E-state index contributed by atoms with van der Waals surface area (Å²) in [6, 6.07) is 4.48. The fraction of sp³-hybridized carbons (Fsp3) is 0.333. The molecule has 0 aliphatic carbocycles. The van der Waals surface area contributed by atoms with Crippen LogP contribution in [0.15, 0.2) is 18.2 Å². The first-order valence-electron chi connectivity index (χ1n) is 5.44. The lowest BCUT2D eigenvalue weighted by molar-refractivity contribution is -0.140. The van der Waals surface area contributed by atoms with Crippen molar-refractivity contribution in [2.75, 3.05) is 7.11 Å². The molecule has 0 spiro atoms. The Morgan fingerprint density at radius 3 is 2.63 bits per heavy atom. The molecule has 0 aliphatic heterocycles. The number of ether oxygens (including phenoxy) is 1. The van der Waals surface area contributed by atoms with E-state index in [-0.39, 0.29) is 11.3 Å². The molecule has 102 valence electrons. The van der Waals surface area contributed by atoms with Gasteiger partial charge >= 0.3 is 6.18 Å². The molecular weight excluding hydrogens is 261 g/mol. The fourth-order valence-corrected chi connectivity index (χ4v) is 1.84. The van der Waals surface area contributed by atoms with Crippen LogP contribution < -0.4 is 4.74 Å². The van der Waals surface area contributed by atoms with Crippen molar-refractivity contribution in [3.63, 3.8) is 0 Å². The molecule has 4 nitrogen and oxygen atoms in total. The van der Waals surface area contributed by atoms with Crippen molar-refractivity contribution in [3.8, 4) is 5.75 Å². The van der Waals surface area contributed by atoms with Gasteiger partial charge in [0.25, 0.3) is 0 Å². The van der Waals surface area contributed by atoms with E-state index in [1.54, 1.807) is 0 Å². The molecule has 2 rings (SSSR count). The van der Waals surface area contributed by atoms with Crippen molar-refractivity contribution in [1.29, 1.82) is 0 Å². The molecule has 1 aromatic heterocycles. The van der Waals surface area contributed by atoms with Gasteiger partial charge in [-0.1, -0.05) is 0 Å². The summed E-state index contributed by atoms with van der Waals surface area (Å²) in [4.78, 5) is 15.3. The number of carbonyl (C=O) groups is 1. The Hall–Kier alpha value is -2.05. The smallest absolute Gasteiger partial charge is 0.406 e. The Balaban J connectivity index is 2.64. The Labute approximate surface area is 106 Å². The summed E-state index contributed by atoms with van der Waals surface area (Å²) >= 11 is 0. The molecule has 0 amide bonds. The second kappa shape index (κ2) is 4.56. The molecule has 0 aliphatic rings. The van der Waals surface area contributed by atoms with Gasteiger partial charge in [0.05, 0.1) is 18.1 Å². The maximum atomic E-state index is 12.6. The van der Waals surface area contributed by atoms with Gasteiger partial charge in [-0.25, -0.2) is 4.98 Å². The van der Waals surface area contributed by atoms with Crippen LogP contribution in [0, 0.1) is 0 Å². The van der Waals surface area contributed by atoms with Crippen LogP contribution in [0.1, 0.15) is 17.5 Å². The van der Waals surface area contributed by atoms with E-state index in [0.29, 0.717) is 11.3 Å². The number of benzene rings is 1. The lowest BCUT2D eigenvalue weighted by atomic mass is 10.3. The van der Waals surface area contributed by atoms with Crippen LogP contribution in [-0.4, -0.2) is 28.6 Å². The zero-order valence-electron chi connectivity index (χ0n) is 10.3. The van der Waals surface area contributed by atoms with Crippen molar-refractivity contribution in [2.45, 2.75) is 19.6 Å². The minimum absolute atomic E-state index is 0.208. The molecule has 0 fully saturated rings. The van der Waals surface area contributed by atoms with E-state index in [4.69, 9.17) is 4.74 Å². The number of ketones is 1. The minimum atomic E-state index is -4.42. The number of aromatic nitrogens is 2. The second-order valence-corrected chi connectivity index (χ2v) is 4.05. The van der Waals surface area contributed by atoms with E-state index in [2.05, 4.69) is 4.98 Å². The van der Waals surface area contributed by atoms with Gasteiger partial charge in [-0.3, -0.25) is 4.79 Å². The number of nitrogens with zero attached hydrogens (tertiary/aromatic N) is 2. The maximum Gasteiger partial charge on any atom is 0.406 e. The minimum Gasteiger partial charge on any atom is -0.497 e. The Morgan fingerprint density at radius 1 is 1.42 bits per heavy atom. The Kier molecular flexibility index (Phi) is 3.21. The van der Waals surface area contributed by atoms with Crippen molar-refractivity contribution in [3.05, 3.63) is 24.0 Å². The molecule has 0 N–H and O–H groups in total. The van der Waals surface area contributed by atoms with Gasteiger partial charge in [-0.2, -0.15) is 13.2 Å². The summed E-state index contributed by atoms with van der Waals surface area (Å²) in [6.45, 7) is -0.0595. The molecule has 1 heterocycles. The summed E-state index contributed by atoms with van der Waals surface area (Å²) < 4.78 is 43.5. The van der Waals surface area contributed by atoms with Gasteiger partial charge in [0.2, 0.25) is 0 Å². The zero-order chi connectivity index (χ0) is 14.2. The number of Topliss-reactive ketones (excluding diaryl/α,β-unsaturated/α-hetero) is 1. The van der Waals surface area contributed by atoms with E-state index in [9.17, 15) is 18.0 Å².